The molecule has 1 aromatic rings. The van der Waals surface area contributed by atoms with Crippen LogP contribution >= 0.6 is 12.4 Å². The molecule has 0 aliphatic rings. The molecule has 0 unspecified atom stereocenters. The van der Waals surface area contributed by atoms with Crippen molar-refractivity contribution < 1.29 is 9.53 Å². The van der Waals surface area contributed by atoms with Gasteiger partial charge < -0.3 is 15.8 Å². The van der Waals surface area contributed by atoms with Gasteiger partial charge in [-0.2, -0.15) is 0 Å². The number of hydrogen-bond acceptors (Lipinski definition) is 3. The molecule has 19 heavy (non-hydrogen) atoms. The van der Waals surface area contributed by atoms with Crippen molar-refractivity contribution in [3.63, 3.8) is 0 Å². The van der Waals surface area contributed by atoms with Gasteiger partial charge in [0.1, 0.15) is 0 Å². The molecule has 5 heteroatoms. The lowest BCUT2D eigenvalue weighted by Gasteiger charge is -2.05. The van der Waals surface area contributed by atoms with Crippen LogP contribution in [0.1, 0.15) is 25.3 Å². The fourth-order valence-corrected chi connectivity index (χ4v) is 1.58. The Hall–Kier alpha value is -1.26. The number of benzene rings is 1. The molecule has 0 saturated carbocycles. The maximum atomic E-state index is 11.6. The summed E-state index contributed by atoms with van der Waals surface area (Å²) in [6.07, 6.45) is 2.34. The van der Waals surface area contributed by atoms with E-state index in [2.05, 4.69) is 5.32 Å². The van der Waals surface area contributed by atoms with Crippen LogP contribution in [0.15, 0.2) is 24.3 Å². The first-order chi connectivity index (χ1) is 8.72. The number of hydrogen-bond donors (Lipinski definition) is 2. The van der Waals surface area contributed by atoms with Gasteiger partial charge in [0, 0.05) is 25.4 Å². The number of halogens is 1. The summed E-state index contributed by atoms with van der Waals surface area (Å²) in [6, 6.07) is 7.38. The lowest BCUT2D eigenvalue weighted by atomic mass is 10.1. The van der Waals surface area contributed by atoms with Gasteiger partial charge >= 0.3 is 0 Å². The van der Waals surface area contributed by atoms with Crippen LogP contribution in [0, 0.1) is 0 Å². The monoisotopic (exact) mass is 286 g/mol. The van der Waals surface area contributed by atoms with Gasteiger partial charge in [0.25, 0.3) is 0 Å². The normalized spacial score (nSPS) is 9.74. The molecule has 0 spiro atoms. The minimum atomic E-state index is 0. The fraction of sp³-hybridized carbons (Fsp3) is 0.500. The number of unbranched alkanes of at least 4 members (excludes halogenated alkanes) is 1. The molecule has 1 amide bonds. The van der Waals surface area contributed by atoms with E-state index in [-0.39, 0.29) is 18.3 Å². The first kappa shape index (κ1) is 17.7. The van der Waals surface area contributed by atoms with Crippen LogP contribution in [0.5, 0.6) is 0 Å². The van der Waals surface area contributed by atoms with E-state index in [4.69, 9.17) is 10.5 Å². The van der Waals surface area contributed by atoms with Gasteiger partial charge in [-0.3, -0.25) is 4.79 Å². The minimum Gasteiger partial charge on any atom is -0.399 e. The molecule has 0 atom stereocenters. The third kappa shape index (κ3) is 8.46. The van der Waals surface area contributed by atoms with Gasteiger partial charge in [0.15, 0.2) is 0 Å². The summed E-state index contributed by atoms with van der Waals surface area (Å²) in [6.45, 7) is 4.21. The van der Waals surface area contributed by atoms with E-state index in [1.54, 1.807) is 0 Å². The van der Waals surface area contributed by atoms with Gasteiger partial charge in [-0.1, -0.05) is 12.1 Å². The molecular formula is C14H23ClN2O2. The first-order valence-electron chi connectivity index (χ1n) is 6.41. The Morgan fingerprint density at radius 1 is 1.26 bits per heavy atom. The second-order valence-corrected chi connectivity index (χ2v) is 4.17. The average Bonchev–Trinajstić information content (AvgIpc) is 2.36. The van der Waals surface area contributed by atoms with E-state index in [1.807, 2.05) is 31.2 Å². The van der Waals surface area contributed by atoms with E-state index in [1.165, 1.54) is 0 Å². The molecule has 0 aromatic heterocycles. The molecule has 1 rings (SSSR count). The number of nitrogen functional groups attached to an aromatic ring is 1. The van der Waals surface area contributed by atoms with Crippen LogP contribution in [-0.2, 0) is 16.0 Å². The molecule has 0 saturated heterocycles. The Morgan fingerprint density at radius 3 is 2.58 bits per heavy atom. The Morgan fingerprint density at radius 2 is 1.95 bits per heavy atom. The highest BCUT2D eigenvalue weighted by Crippen LogP contribution is 2.05. The number of nitrogens with two attached hydrogens (primary N) is 1. The number of nitrogens with one attached hydrogen (secondary N) is 1. The van der Waals surface area contributed by atoms with Crippen LogP contribution in [0.25, 0.3) is 0 Å². The summed E-state index contributed by atoms with van der Waals surface area (Å²) >= 11 is 0. The molecule has 3 N–H and O–H groups in total. The molecule has 0 bridgehead atoms. The molecule has 0 radical (unpaired) electrons. The highest BCUT2D eigenvalue weighted by atomic mass is 35.5. The summed E-state index contributed by atoms with van der Waals surface area (Å²) in [7, 11) is 0. The zero-order valence-corrected chi connectivity index (χ0v) is 12.2. The lowest BCUT2D eigenvalue weighted by molar-refractivity contribution is -0.120. The number of ether oxygens (including phenoxy) is 1. The SMILES string of the molecule is CCOCCCCNC(=O)Cc1ccc(N)cc1.Cl. The van der Waals surface area contributed by atoms with Gasteiger partial charge in [-0.15, -0.1) is 12.4 Å². The van der Waals surface area contributed by atoms with Crippen LogP contribution < -0.4 is 11.1 Å². The summed E-state index contributed by atoms with van der Waals surface area (Å²) < 4.78 is 5.22. The molecule has 1 aromatic carbocycles. The van der Waals surface area contributed by atoms with E-state index in [0.29, 0.717) is 13.0 Å². The van der Waals surface area contributed by atoms with E-state index in [0.717, 1.165) is 37.3 Å². The zero-order valence-electron chi connectivity index (χ0n) is 11.4. The van der Waals surface area contributed by atoms with Crippen molar-refractivity contribution in [2.45, 2.75) is 26.2 Å². The van der Waals surface area contributed by atoms with Crippen molar-refractivity contribution >= 4 is 24.0 Å². The third-order valence-corrected chi connectivity index (χ3v) is 2.59. The summed E-state index contributed by atoms with van der Waals surface area (Å²) in [5, 5.41) is 2.90. The molecule has 108 valence electrons. The zero-order chi connectivity index (χ0) is 13.2. The number of amides is 1. The van der Waals surface area contributed by atoms with Gasteiger partial charge in [0.2, 0.25) is 5.91 Å². The van der Waals surface area contributed by atoms with E-state index >= 15 is 0 Å². The van der Waals surface area contributed by atoms with Crippen LogP contribution in [0.2, 0.25) is 0 Å². The predicted molar refractivity (Wildman–Crippen MR) is 80.5 cm³/mol. The molecule has 0 aliphatic heterocycles. The summed E-state index contributed by atoms with van der Waals surface area (Å²) in [5.74, 6) is 0.0520. The summed E-state index contributed by atoms with van der Waals surface area (Å²) in [5.41, 5.74) is 7.28. The smallest absolute Gasteiger partial charge is 0.224 e. The lowest BCUT2D eigenvalue weighted by Crippen LogP contribution is -2.26. The molecular weight excluding hydrogens is 264 g/mol. The van der Waals surface area contributed by atoms with Crippen molar-refractivity contribution in [2.75, 3.05) is 25.5 Å². The van der Waals surface area contributed by atoms with Crippen LogP contribution in [0.4, 0.5) is 5.69 Å². The van der Waals surface area contributed by atoms with Gasteiger partial charge in [-0.25, -0.2) is 0 Å². The molecule has 4 nitrogen and oxygen atoms in total. The quantitative estimate of drug-likeness (QED) is 0.569. The van der Waals surface area contributed by atoms with Gasteiger partial charge in [-0.05, 0) is 37.5 Å². The highest BCUT2D eigenvalue weighted by molar-refractivity contribution is 5.85. The van der Waals surface area contributed by atoms with E-state index in [9.17, 15) is 4.79 Å². The van der Waals surface area contributed by atoms with Crippen molar-refractivity contribution in [1.82, 2.24) is 5.32 Å². The van der Waals surface area contributed by atoms with Crippen molar-refractivity contribution in [3.8, 4) is 0 Å². The maximum Gasteiger partial charge on any atom is 0.224 e. The van der Waals surface area contributed by atoms with Crippen molar-refractivity contribution in [3.05, 3.63) is 29.8 Å². The summed E-state index contributed by atoms with van der Waals surface area (Å²) in [4.78, 5) is 11.6. The number of rotatable bonds is 8. The van der Waals surface area contributed by atoms with Crippen molar-refractivity contribution in [2.24, 2.45) is 0 Å². The predicted octanol–water partition coefficient (Wildman–Crippen LogP) is 2.17. The maximum absolute atomic E-state index is 11.6. The van der Waals surface area contributed by atoms with E-state index < -0.39 is 0 Å². The largest absolute Gasteiger partial charge is 0.399 e. The van der Waals surface area contributed by atoms with Crippen molar-refractivity contribution in [1.29, 1.82) is 0 Å². The molecule has 0 aliphatic carbocycles. The third-order valence-electron chi connectivity index (χ3n) is 2.59. The average molecular weight is 287 g/mol. The second-order valence-electron chi connectivity index (χ2n) is 4.17. The molecule has 0 fully saturated rings. The molecule has 0 heterocycles. The first-order valence-corrected chi connectivity index (χ1v) is 6.41. The Balaban J connectivity index is 0.00000324. The number of anilines is 1. The Bertz CT molecular complexity index is 355. The topological polar surface area (TPSA) is 64.3 Å². The standard InChI is InChI=1S/C14H22N2O2.ClH/c1-2-18-10-4-3-9-16-14(17)11-12-5-7-13(15)8-6-12;/h5-8H,2-4,9-11,15H2,1H3,(H,16,17);1H. The minimum absolute atomic E-state index is 0. The highest BCUT2D eigenvalue weighted by Gasteiger charge is 2.02. The number of carbonyl (C=O) groups excluding carboxylic acids is 1. The second kappa shape index (κ2) is 10.6. The van der Waals surface area contributed by atoms with Crippen LogP contribution in [0.3, 0.4) is 0 Å². The number of carbonyl (C=O) groups is 1. The Labute approximate surface area is 121 Å². The van der Waals surface area contributed by atoms with Gasteiger partial charge in [0.05, 0.1) is 6.42 Å². The fourth-order valence-electron chi connectivity index (χ4n) is 1.58. The Kier molecular flexibility index (Phi) is 9.94. The van der Waals surface area contributed by atoms with Crippen LogP contribution in [-0.4, -0.2) is 25.7 Å².